The average molecular weight is 328 g/mol. The first kappa shape index (κ1) is 16.6. The maximum Gasteiger partial charge on any atom is 0.272 e. The number of hydrogen-bond acceptors (Lipinski definition) is 3. The molecule has 1 atom stereocenters. The fourth-order valence-corrected chi connectivity index (χ4v) is 3.20. The lowest BCUT2D eigenvalue weighted by Crippen LogP contribution is -2.29. The van der Waals surface area contributed by atoms with Gasteiger partial charge in [0.05, 0.1) is 6.61 Å². The number of carbonyl (C=O) groups excluding carboxylic acids is 1. The molecule has 0 aliphatic carbocycles. The van der Waals surface area contributed by atoms with E-state index in [-0.39, 0.29) is 18.3 Å². The number of rotatable bonds is 4. The smallest absolute Gasteiger partial charge is 0.272 e. The molecule has 1 aromatic carbocycles. The van der Waals surface area contributed by atoms with E-state index in [1.54, 1.807) is 25.3 Å². The van der Waals surface area contributed by atoms with Crippen LogP contribution in [0.15, 0.2) is 36.5 Å². The lowest BCUT2D eigenvalue weighted by molar-refractivity contribution is 0.0781. The predicted molar refractivity (Wildman–Crippen MR) is 89.0 cm³/mol. The molecule has 1 saturated heterocycles. The second-order valence-corrected chi connectivity index (χ2v) is 6.40. The Morgan fingerprint density at radius 3 is 2.92 bits per heavy atom. The molecule has 5 heteroatoms. The van der Waals surface area contributed by atoms with Crippen LogP contribution in [0.5, 0.6) is 0 Å². The molecule has 4 nitrogen and oxygen atoms in total. The molecule has 126 valence electrons. The van der Waals surface area contributed by atoms with Crippen molar-refractivity contribution in [3.8, 4) is 0 Å². The number of benzene rings is 1. The Balaban J connectivity index is 1.64. The second kappa shape index (κ2) is 7.09. The van der Waals surface area contributed by atoms with Gasteiger partial charge in [-0.15, -0.1) is 0 Å². The van der Waals surface area contributed by atoms with Crippen molar-refractivity contribution in [2.75, 3.05) is 13.1 Å². The van der Waals surface area contributed by atoms with E-state index in [9.17, 15) is 14.3 Å². The number of aliphatic hydroxyl groups excluding tert-OH is 1. The number of aryl methyl sites for hydroxylation is 1. The van der Waals surface area contributed by atoms with Crippen LogP contribution in [0.3, 0.4) is 0 Å². The molecular weight excluding hydrogens is 307 g/mol. The first-order valence-electron chi connectivity index (χ1n) is 8.17. The summed E-state index contributed by atoms with van der Waals surface area (Å²) >= 11 is 0. The van der Waals surface area contributed by atoms with Crippen molar-refractivity contribution in [1.82, 2.24) is 9.88 Å². The summed E-state index contributed by atoms with van der Waals surface area (Å²) in [5, 5.41) is 9.18. The van der Waals surface area contributed by atoms with Crippen molar-refractivity contribution >= 4 is 5.91 Å². The van der Waals surface area contributed by atoms with E-state index in [0.717, 1.165) is 18.4 Å². The molecule has 0 radical (unpaired) electrons. The topological polar surface area (TPSA) is 53.4 Å². The maximum absolute atomic E-state index is 13.4. The molecule has 3 rings (SSSR count). The molecule has 1 aliphatic rings. The van der Waals surface area contributed by atoms with Gasteiger partial charge in [0.25, 0.3) is 5.91 Å². The van der Waals surface area contributed by atoms with Crippen LogP contribution in [0, 0.1) is 18.7 Å². The first-order valence-corrected chi connectivity index (χ1v) is 8.17. The van der Waals surface area contributed by atoms with Crippen molar-refractivity contribution in [3.05, 3.63) is 64.7 Å². The SMILES string of the molecule is Cc1cc(CC2CCN(C(=O)c3cc(CO)ccn3)C2)ccc1F. The van der Waals surface area contributed by atoms with Gasteiger partial charge < -0.3 is 10.0 Å². The molecule has 1 aromatic heterocycles. The van der Waals surface area contributed by atoms with Gasteiger partial charge in [-0.1, -0.05) is 12.1 Å². The summed E-state index contributed by atoms with van der Waals surface area (Å²) in [4.78, 5) is 18.5. The maximum atomic E-state index is 13.4. The van der Waals surface area contributed by atoms with Crippen LogP contribution in [0.4, 0.5) is 4.39 Å². The van der Waals surface area contributed by atoms with E-state index in [4.69, 9.17) is 0 Å². The predicted octanol–water partition coefficient (Wildman–Crippen LogP) is 2.73. The number of aliphatic hydroxyl groups is 1. The van der Waals surface area contributed by atoms with Gasteiger partial charge in [0.15, 0.2) is 0 Å². The lowest BCUT2D eigenvalue weighted by atomic mass is 9.97. The van der Waals surface area contributed by atoms with E-state index in [1.165, 1.54) is 6.07 Å². The second-order valence-electron chi connectivity index (χ2n) is 6.40. The van der Waals surface area contributed by atoms with Crippen molar-refractivity contribution in [2.45, 2.75) is 26.4 Å². The lowest BCUT2D eigenvalue weighted by Gasteiger charge is -2.16. The summed E-state index contributed by atoms with van der Waals surface area (Å²) in [6.45, 7) is 3.05. The third kappa shape index (κ3) is 3.62. The normalized spacial score (nSPS) is 17.3. The fraction of sp³-hybridized carbons (Fsp3) is 0.368. The highest BCUT2D eigenvalue weighted by atomic mass is 19.1. The van der Waals surface area contributed by atoms with Crippen LogP contribution < -0.4 is 0 Å². The van der Waals surface area contributed by atoms with Crippen LogP contribution in [-0.2, 0) is 13.0 Å². The highest BCUT2D eigenvalue weighted by molar-refractivity contribution is 5.92. The molecule has 2 aromatic rings. The van der Waals surface area contributed by atoms with Crippen molar-refractivity contribution < 1.29 is 14.3 Å². The Morgan fingerprint density at radius 1 is 1.33 bits per heavy atom. The molecule has 1 amide bonds. The fourth-order valence-electron chi connectivity index (χ4n) is 3.20. The Kier molecular flexibility index (Phi) is 4.90. The molecule has 2 heterocycles. The zero-order valence-corrected chi connectivity index (χ0v) is 13.7. The molecule has 1 fully saturated rings. The molecule has 1 aliphatic heterocycles. The Morgan fingerprint density at radius 2 is 2.17 bits per heavy atom. The van der Waals surface area contributed by atoms with E-state index in [0.29, 0.717) is 35.8 Å². The monoisotopic (exact) mass is 328 g/mol. The van der Waals surface area contributed by atoms with Crippen molar-refractivity contribution in [2.24, 2.45) is 5.92 Å². The minimum absolute atomic E-state index is 0.0944. The van der Waals surface area contributed by atoms with E-state index in [2.05, 4.69) is 4.98 Å². The first-order chi connectivity index (χ1) is 11.6. The summed E-state index contributed by atoms with van der Waals surface area (Å²) in [5.41, 5.74) is 2.82. The molecular formula is C19H21FN2O2. The van der Waals surface area contributed by atoms with E-state index >= 15 is 0 Å². The largest absolute Gasteiger partial charge is 0.392 e. The zero-order chi connectivity index (χ0) is 17.1. The molecule has 0 saturated carbocycles. The third-order valence-corrected chi connectivity index (χ3v) is 4.55. The van der Waals surface area contributed by atoms with Crippen LogP contribution in [0.2, 0.25) is 0 Å². The van der Waals surface area contributed by atoms with Crippen LogP contribution in [-0.4, -0.2) is 34.0 Å². The average Bonchev–Trinajstić information content (AvgIpc) is 3.06. The van der Waals surface area contributed by atoms with Gasteiger partial charge >= 0.3 is 0 Å². The van der Waals surface area contributed by atoms with Crippen LogP contribution >= 0.6 is 0 Å². The van der Waals surface area contributed by atoms with Gasteiger partial charge in [0.2, 0.25) is 0 Å². The zero-order valence-electron chi connectivity index (χ0n) is 13.7. The Hall–Kier alpha value is -2.27. The number of halogens is 1. The third-order valence-electron chi connectivity index (χ3n) is 4.55. The summed E-state index contributed by atoms with van der Waals surface area (Å²) in [7, 11) is 0. The van der Waals surface area contributed by atoms with Gasteiger partial charge in [-0.2, -0.15) is 0 Å². The number of nitrogens with zero attached hydrogens (tertiary/aromatic N) is 2. The molecule has 1 unspecified atom stereocenters. The minimum Gasteiger partial charge on any atom is -0.392 e. The van der Waals surface area contributed by atoms with E-state index in [1.807, 2.05) is 17.0 Å². The van der Waals surface area contributed by atoms with Crippen molar-refractivity contribution in [1.29, 1.82) is 0 Å². The van der Waals surface area contributed by atoms with Crippen LogP contribution in [0.1, 0.15) is 33.6 Å². The van der Waals surface area contributed by atoms with Crippen molar-refractivity contribution in [3.63, 3.8) is 0 Å². The van der Waals surface area contributed by atoms with Gasteiger partial charge in [-0.3, -0.25) is 9.78 Å². The molecule has 0 bridgehead atoms. The molecule has 1 N–H and O–H groups in total. The van der Waals surface area contributed by atoms with Gasteiger partial charge in [-0.25, -0.2) is 4.39 Å². The summed E-state index contributed by atoms with van der Waals surface area (Å²) in [5.74, 6) is 0.0970. The van der Waals surface area contributed by atoms with Gasteiger partial charge in [0.1, 0.15) is 11.5 Å². The number of carbonyl (C=O) groups is 1. The number of pyridine rings is 1. The van der Waals surface area contributed by atoms with Crippen LogP contribution in [0.25, 0.3) is 0 Å². The number of amides is 1. The summed E-state index contributed by atoms with van der Waals surface area (Å²) < 4.78 is 13.4. The Bertz CT molecular complexity index is 748. The number of hydrogen-bond donors (Lipinski definition) is 1. The number of likely N-dealkylation sites (tertiary alicyclic amines) is 1. The minimum atomic E-state index is -0.184. The quantitative estimate of drug-likeness (QED) is 0.939. The molecule has 24 heavy (non-hydrogen) atoms. The molecule has 0 spiro atoms. The number of aromatic nitrogens is 1. The van der Waals surface area contributed by atoms with Gasteiger partial charge in [-0.05, 0) is 60.6 Å². The summed E-state index contributed by atoms with van der Waals surface area (Å²) in [6.07, 6.45) is 3.32. The van der Waals surface area contributed by atoms with E-state index < -0.39 is 0 Å². The highest BCUT2D eigenvalue weighted by Crippen LogP contribution is 2.23. The summed E-state index contributed by atoms with van der Waals surface area (Å²) in [6, 6.07) is 8.54. The van der Waals surface area contributed by atoms with Gasteiger partial charge in [0, 0.05) is 19.3 Å². The highest BCUT2D eigenvalue weighted by Gasteiger charge is 2.27. The Labute approximate surface area is 141 Å². The standard InChI is InChI=1S/C19H21FN2O2/c1-13-8-14(2-3-17(13)20)9-15-5-7-22(11-15)19(24)18-10-16(12-23)4-6-21-18/h2-4,6,8,10,15,23H,5,7,9,11-12H2,1H3.